The Morgan fingerprint density at radius 1 is 1.03 bits per heavy atom. The second-order valence-corrected chi connectivity index (χ2v) is 9.85. The molecule has 200 valence electrons. The second kappa shape index (κ2) is 13.2. The van der Waals surface area contributed by atoms with Crippen LogP contribution in [0, 0.1) is 0 Å². The van der Waals surface area contributed by atoms with Crippen LogP contribution in [-0.4, -0.2) is 60.7 Å². The van der Waals surface area contributed by atoms with Gasteiger partial charge in [-0.2, -0.15) is 5.10 Å². The lowest BCUT2D eigenvalue weighted by molar-refractivity contribution is -0.105. The lowest BCUT2D eigenvalue weighted by Crippen LogP contribution is -2.38. The summed E-state index contributed by atoms with van der Waals surface area (Å²) >= 11 is 0. The summed E-state index contributed by atoms with van der Waals surface area (Å²) in [5.74, 6) is 0.838. The van der Waals surface area contributed by atoms with E-state index in [0.717, 1.165) is 60.1 Å². The summed E-state index contributed by atoms with van der Waals surface area (Å²) in [6, 6.07) is 25.4. The van der Waals surface area contributed by atoms with Crippen LogP contribution in [0.1, 0.15) is 36.5 Å². The van der Waals surface area contributed by atoms with Crippen molar-refractivity contribution in [3.05, 3.63) is 107 Å². The fourth-order valence-corrected chi connectivity index (χ4v) is 4.99. The lowest BCUT2D eigenvalue weighted by Gasteiger charge is -2.30. The molecule has 0 aliphatic carbocycles. The summed E-state index contributed by atoms with van der Waals surface area (Å²) in [5, 5.41) is 11.7. The van der Waals surface area contributed by atoms with Crippen LogP contribution in [0.15, 0.2) is 90.6 Å². The highest BCUT2D eigenvalue weighted by Gasteiger charge is 2.15. The van der Waals surface area contributed by atoms with Crippen molar-refractivity contribution in [3.63, 3.8) is 0 Å². The van der Waals surface area contributed by atoms with Gasteiger partial charge in [0.05, 0.1) is 11.7 Å². The average molecular weight is 521 g/mol. The molecule has 2 heterocycles. The third kappa shape index (κ3) is 6.72. The summed E-state index contributed by atoms with van der Waals surface area (Å²) < 4.78 is 6.00. The summed E-state index contributed by atoms with van der Waals surface area (Å²) in [6.45, 7) is 7.07. The first kappa shape index (κ1) is 26.6. The fraction of sp³-hybridized carbons (Fsp3) is 0.273. The second-order valence-electron chi connectivity index (χ2n) is 9.85. The van der Waals surface area contributed by atoms with E-state index < -0.39 is 0 Å². The van der Waals surface area contributed by atoms with Gasteiger partial charge in [0, 0.05) is 30.6 Å². The van der Waals surface area contributed by atoms with Gasteiger partial charge in [-0.3, -0.25) is 14.8 Å². The van der Waals surface area contributed by atoms with Crippen molar-refractivity contribution in [2.75, 3.05) is 39.3 Å². The van der Waals surface area contributed by atoms with Crippen LogP contribution in [0.25, 0.3) is 22.0 Å². The van der Waals surface area contributed by atoms with Gasteiger partial charge in [0.1, 0.15) is 18.6 Å². The number of rotatable bonds is 13. The van der Waals surface area contributed by atoms with Crippen LogP contribution in [0.5, 0.6) is 5.75 Å². The zero-order valence-electron chi connectivity index (χ0n) is 22.5. The highest BCUT2D eigenvalue weighted by atomic mass is 16.5. The number of fused-ring (bicyclic) bond motifs is 1. The van der Waals surface area contributed by atoms with E-state index in [9.17, 15) is 4.79 Å². The molecular formula is C33H36N4O2. The number of nitrogens with one attached hydrogen (secondary N) is 2. The topological polar surface area (TPSA) is 70.2 Å². The molecule has 1 fully saturated rings. The monoisotopic (exact) mass is 520 g/mol. The van der Waals surface area contributed by atoms with E-state index in [1.165, 1.54) is 28.7 Å². The minimum atomic E-state index is 0.555. The number of aldehydes is 1. The van der Waals surface area contributed by atoms with Gasteiger partial charge in [-0.1, -0.05) is 61.5 Å². The van der Waals surface area contributed by atoms with Gasteiger partial charge in [-0.15, -0.1) is 0 Å². The Morgan fingerprint density at radius 2 is 1.82 bits per heavy atom. The lowest BCUT2D eigenvalue weighted by atomic mass is 9.88. The molecule has 0 amide bonds. The Balaban J connectivity index is 1.27. The van der Waals surface area contributed by atoms with Crippen molar-refractivity contribution in [2.45, 2.75) is 19.8 Å². The Hall–Kier alpha value is -4.00. The molecule has 0 atom stereocenters. The van der Waals surface area contributed by atoms with Gasteiger partial charge < -0.3 is 10.1 Å². The number of ether oxygens (including phenoxy) is 1. The molecule has 2 N–H and O–H groups in total. The number of likely N-dealkylation sites (tertiary alicyclic amines) is 1. The van der Waals surface area contributed by atoms with Gasteiger partial charge in [0.2, 0.25) is 0 Å². The standard InChI is InChI=1S/C33H36N4O2/c1-2-31(26-7-4-3-5-8-26)33(28-11-14-32-29(21-28)22-35-36-32)27-9-12-30(13-10-27)39-20-17-34-16-15-25(24-38)23-37-18-6-19-37/h3-5,7-15,21-22,24,34H,2,6,16-20,23H2,1H3,(H,35,36)/b25-15-,33-31+. The van der Waals surface area contributed by atoms with Crippen molar-refractivity contribution in [2.24, 2.45) is 0 Å². The highest BCUT2D eigenvalue weighted by Crippen LogP contribution is 2.36. The van der Waals surface area contributed by atoms with E-state index in [1.807, 2.05) is 24.4 Å². The molecule has 0 saturated carbocycles. The van der Waals surface area contributed by atoms with Crippen LogP contribution in [-0.2, 0) is 4.79 Å². The SMILES string of the molecule is CC/C(=C(/c1ccc(OCCNC/C=C(\C=O)CN2CCC2)cc1)c1ccc2[nH]ncc2c1)c1ccccc1. The van der Waals surface area contributed by atoms with Gasteiger partial charge in [0.15, 0.2) is 0 Å². The molecule has 5 rings (SSSR count). The zero-order valence-corrected chi connectivity index (χ0v) is 22.5. The maximum atomic E-state index is 11.3. The Bertz CT molecular complexity index is 1430. The van der Waals surface area contributed by atoms with Gasteiger partial charge >= 0.3 is 0 Å². The minimum absolute atomic E-state index is 0.555. The maximum Gasteiger partial charge on any atom is 0.147 e. The highest BCUT2D eigenvalue weighted by molar-refractivity contribution is 6.00. The molecule has 39 heavy (non-hydrogen) atoms. The summed E-state index contributed by atoms with van der Waals surface area (Å²) in [7, 11) is 0. The van der Waals surface area contributed by atoms with Gasteiger partial charge in [0.25, 0.3) is 0 Å². The molecular weight excluding hydrogens is 484 g/mol. The van der Waals surface area contributed by atoms with E-state index >= 15 is 0 Å². The fourth-order valence-electron chi connectivity index (χ4n) is 4.99. The van der Waals surface area contributed by atoms with E-state index in [0.29, 0.717) is 19.7 Å². The van der Waals surface area contributed by atoms with E-state index in [4.69, 9.17) is 4.74 Å². The first-order valence-electron chi connectivity index (χ1n) is 13.8. The molecule has 1 saturated heterocycles. The average Bonchev–Trinajstić information content (AvgIpc) is 3.43. The molecule has 1 aliphatic rings. The molecule has 1 aliphatic heterocycles. The molecule has 6 heteroatoms. The maximum absolute atomic E-state index is 11.3. The number of H-pyrrole nitrogens is 1. The predicted octanol–water partition coefficient (Wildman–Crippen LogP) is 5.73. The molecule has 1 aromatic heterocycles. The van der Waals surface area contributed by atoms with Crippen LogP contribution in [0.4, 0.5) is 0 Å². The quantitative estimate of drug-likeness (QED) is 0.102. The molecule has 0 unspecified atom stereocenters. The number of aromatic amines is 1. The third-order valence-corrected chi connectivity index (χ3v) is 7.21. The Morgan fingerprint density at radius 3 is 2.54 bits per heavy atom. The largest absolute Gasteiger partial charge is 0.492 e. The smallest absolute Gasteiger partial charge is 0.147 e. The van der Waals surface area contributed by atoms with Crippen molar-refractivity contribution in [3.8, 4) is 5.75 Å². The van der Waals surface area contributed by atoms with Crippen LogP contribution in [0.3, 0.4) is 0 Å². The zero-order chi connectivity index (χ0) is 26.9. The van der Waals surface area contributed by atoms with E-state index in [1.54, 1.807) is 0 Å². The van der Waals surface area contributed by atoms with Crippen molar-refractivity contribution in [1.29, 1.82) is 0 Å². The van der Waals surface area contributed by atoms with Crippen molar-refractivity contribution in [1.82, 2.24) is 20.4 Å². The Kier molecular flexibility index (Phi) is 8.99. The molecule has 0 radical (unpaired) electrons. The predicted molar refractivity (Wildman–Crippen MR) is 159 cm³/mol. The van der Waals surface area contributed by atoms with E-state index in [-0.39, 0.29) is 0 Å². The number of hydrogen-bond donors (Lipinski definition) is 2. The van der Waals surface area contributed by atoms with Gasteiger partial charge in [-0.25, -0.2) is 0 Å². The van der Waals surface area contributed by atoms with Gasteiger partial charge in [-0.05, 0) is 78.0 Å². The molecule has 0 spiro atoms. The number of nitrogens with zero attached hydrogens (tertiary/aromatic N) is 2. The third-order valence-electron chi connectivity index (χ3n) is 7.21. The van der Waals surface area contributed by atoms with Crippen molar-refractivity contribution < 1.29 is 9.53 Å². The first-order chi connectivity index (χ1) is 19.2. The van der Waals surface area contributed by atoms with E-state index in [2.05, 4.69) is 88.0 Å². The summed E-state index contributed by atoms with van der Waals surface area (Å²) in [6.07, 6.45) is 6.96. The van der Waals surface area contributed by atoms with Crippen LogP contribution in [0.2, 0.25) is 0 Å². The summed E-state index contributed by atoms with van der Waals surface area (Å²) in [4.78, 5) is 13.6. The molecule has 0 bridgehead atoms. The normalized spacial score (nSPS) is 14.6. The molecule has 4 aromatic rings. The summed E-state index contributed by atoms with van der Waals surface area (Å²) in [5.41, 5.74) is 7.94. The number of benzene rings is 3. The first-order valence-corrected chi connectivity index (χ1v) is 13.8. The number of carbonyl (C=O) groups excluding carboxylic acids is 1. The number of aromatic nitrogens is 2. The number of hydrogen-bond acceptors (Lipinski definition) is 5. The van der Waals surface area contributed by atoms with Crippen LogP contribution >= 0.6 is 0 Å². The minimum Gasteiger partial charge on any atom is -0.492 e. The number of carbonyl (C=O) groups is 1. The van der Waals surface area contributed by atoms with Crippen LogP contribution < -0.4 is 10.1 Å². The molecule has 6 nitrogen and oxygen atoms in total. The molecule has 3 aromatic carbocycles. The Labute approximate surface area is 230 Å². The van der Waals surface area contributed by atoms with Crippen molar-refractivity contribution >= 4 is 28.3 Å². The number of allylic oxidation sites excluding steroid dienone is 1.